The second kappa shape index (κ2) is 6.36. The van der Waals surface area contributed by atoms with Crippen LogP contribution in [0, 0.1) is 5.92 Å². The zero-order valence-electron chi connectivity index (χ0n) is 9.97. The van der Waals surface area contributed by atoms with Gasteiger partial charge in [0, 0.05) is 16.8 Å². The molecule has 1 aromatic rings. The van der Waals surface area contributed by atoms with E-state index in [0.29, 0.717) is 16.5 Å². The first-order chi connectivity index (χ1) is 8.75. The lowest BCUT2D eigenvalue weighted by Crippen LogP contribution is -2.18. The van der Waals surface area contributed by atoms with E-state index in [4.69, 9.17) is 11.6 Å². The summed E-state index contributed by atoms with van der Waals surface area (Å²) in [6.07, 6.45) is 9.33. The topological polar surface area (TPSA) is 41.5 Å². The smallest absolute Gasteiger partial charge is 0.267 e. The summed E-state index contributed by atoms with van der Waals surface area (Å²) >= 11 is 5.75. The summed E-state index contributed by atoms with van der Waals surface area (Å²) < 4.78 is 0. The summed E-state index contributed by atoms with van der Waals surface area (Å²) in [5.74, 6) is 0.217. The van der Waals surface area contributed by atoms with E-state index in [2.05, 4.69) is 22.7 Å². The van der Waals surface area contributed by atoms with E-state index in [-0.39, 0.29) is 5.91 Å². The Kier molecular flexibility index (Phi) is 4.53. The molecule has 1 amide bonds. The van der Waals surface area contributed by atoms with Gasteiger partial charge in [-0.3, -0.25) is 4.79 Å². The number of hydrazone groups is 1. The lowest BCUT2D eigenvalue weighted by atomic mass is 9.96. The SMILES string of the molecule is O=C(N/N=C/C1CC=CCC1)c1ccc(Cl)cc1. The van der Waals surface area contributed by atoms with Crippen molar-refractivity contribution in [3.8, 4) is 0 Å². The molecule has 1 aliphatic rings. The summed E-state index contributed by atoms with van der Waals surface area (Å²) in [6.45, 7) is 0. The lowest BCUT2D eigenvalue weighted by molar-refractivity contribution is 0.0955. The molecule has 0 bridgehead atoms. The number of nitrogens with one attached hydrogen (secondary N) is 1. The van der Waals surface area contributed by atoms with E-state index in [1.807, 2.05) is 6.21 Å². The van der Waals surface area contributed by atoms with Crippen LogP contribution in [-0.2, 0) is 0 Å². The van der Waals surface area contributed by atoms with E-state index in [1.165, 1.54) is 0 Å². The summed E-state index contributed by atoms with van der Waals surface area (Å²) in [6, 6.07) is 6.73. The first-order valence-corrected chi connectivity index (χ1v) is 6.37. The Morgan fingerprint density at radius 2 is 2.11 bits per heavy atom. The van der Waals surface area contributed by atoms with Crippen molar-refractivity contribution in [1.29, 1.82) is 0 Å². The van der Waals surface area contributed by atoms with Gasteiger partial charge in [0.2, 0.25) is 0 Å². The molecule has 18 heavy (non-hydrogen) atoms. The maximum atomic E-state index is 11.7. The third-order valence-corrected chi connectivity index (χ3v) is 3.12. The first-order valence-electron chi connectivity index (χ1n) is 6.00. The molecule has 0 fully saturated rings. The minimum atomic E-state index is -0.214. The number of amides is 1. The molecule has 94 valence electrons. The van der Waals surface area contributed by atoms with Crippen LogP contribution >= 0.6 is 11.6 Å². The third-order valence-electron chi connectivity index (χ3n) is 2.87. The number of hydrogen-bond acceptors (Lipinski definition) is 2. The normalized spacial score (nSPS) is 19.1. The van der Waals surface area contributed by atoms with Gasteiger partial charge in [0.15, 0.2) is 0 Å². The van der Waals surface area contributed by atoms with Crippen molar-refractivity contribution in [3.05, 3.63) is 47.0 Å². The van der Waals surface area contributed by atoms with Crippen molar-refractivity contribution in [2.45, 2.75) is 19.3 Å². The Morgan fingerprint density at radius 3 is 2.78 bits per heavy atom. The molecule has 0 saturated carbocycles. The predicted octanol–water partition coefficient (Wildman–Crippen LogP) is 3.41. The van der Waals surface area contributed by atoms with E-state index in [9.17, 15) is 4.79 Å². The van der Waals surface area contributed by atoms with E-state index >= 15 is 0 Å². The number of hydrogen-bond donors (Lipinski definition) is 1. The molecule has 0 heterocycles. The van der Waals surface area contributed by atoms with Crippen LogP contribution in [0.1, 0.15) is 29.6 Å². The van der Waals surface area contributed by atoms with Crippen molar-refractivity contribution in [3.63, 3.8) is 0 Å². The molecule has 0 aromatic heterocycles. The number of carbonyl (C=O) groups is 1. The fourth-order valence-corrected chi connectivity index (χ4v) is 1.95. The van der Waals surface area contributed by atoms with E-state index < -0.39 is 0 Å². The molecule has 4 heteroatoms. The Hall–Kier alpha value is -1.61. The third kappa shape index (κ3) is 3.70. The van der Waals surface area contributed by atoms with Crippen LogP contribution in [0.15, 0.2) is 41.5 Å². The van der Waals surface area contributed by atoms with E-state index in [1.54, 1.807) is 24.3 Å². The average Bonchev–Trinajstić information content (AvgIpc) is 2.40. The Morgan fingerprint density at radius 1 is 1.33 bits per heavy atom. The van der Waals surface area contributed by atoms with Crippen LogP contribution in [0.4, 0.5) is 0 Å². The molecule has 1 aliphatic carbocycles. The Labute approximate surface area is 112 Å². The quantitative estimate of drug-likeness (QED) is 0.506. The molecule has 1 N–H and O–H groups in total. The van der Waals surface area contributed by atoms with Crippen molar-refractivity contribution < 1.29 is 4.79 Å². The van der Waals surface area contributed by atoms with Crippen molar-refractivity contribution in [1.82, 2.24) is 5.43 Å². The second-order valence-corrected chi connectivity index (χ2v) is 4.71. The monoisotopic (exact) mass is 262 g/mol. The number of allylic oxidation sites excluding steroid dienone is 2. The van der Waals surface area contributed by atoms with Crippen LogP contribution in [0.5, 0.6) is 0 Å². The number of halogens is 1. The van der Waals surface area contributed by atoms with Crippen molar-refractivity contribution in [2.75, 3.05) is 0 Å². The van der Waals surface area contributed by atoms with Crippen LogP contribution in [0.25, 0.3) is 0 Å². The Bertz CT molecular complexity index is 465. The number of carbonyl (C=O) groups excluding carboxylic acids is 1. The van der Waals surface area contributed by atoms with Crippen molar-refractivity contribution >= 4 is 23.7 Å². The highest BCUT2D eigenvalue weighted by Gasteiger charge is 2.07. The molecule has 1 aromatic carbocycles. The highest BCUT2D eigenvalue weighted by molar-refractivity contribution is 6.30. The second-order valence-electron chi connectivity index (χ2n) is 4.27. The van der Waals surface area contributed by atoms with Gasteiger partial charge in [-0.25, -0.2) is 5.43 Å². The first kappa shape index (κ1) is 12.8. The fraction of sp³-hybridized carbons (Fsp3) is 0.286. The largest absolute Gasteiger partial charge is 0.271 e. The van der Waals surface area contributed by atoms with Crippen LogP contribution in [-0.4, -0.2) is 12.1 Å². The molecule has 2 rings (SSSR count). The maximum absolute atomic E-state index is 11.7. The number of benzene rings is 1. The molecule has 3 nitrogen and oxygen atoms in total. The van der Waals surface area contributed by atoms with Crippen LogP contribution in [0.3, 0.4) is 0 Å². The van der Waals surface area contributed by atoms with E-state index in [0.717, 1.165) is 19.3 Å². The number of rotatable bonds is 3. The molecular formula is C14H15ClN2O. The molecule has 0 aliphatic heterocycles. The average molecular weight is 263 g/mol. The summed E-state index contributed by atoms with van der Waals surface area (Å²) in [4.78, 5) is 11.7. The van der Waals surface area contributed by atoms with Crippen LogP contribution < -0.4 is 5.43 Å². The molecule has 0 spiro atoms. The van der Waals surface area contributed by atoms with Gasteiger partial charge in [-0.2, -0.15) is 5.10 Å². The van der Waals surface area contributed by atoms with Gasteiger partial charge in [-0.15, -0.1) is 0 Å². The molecule has 1 atom stereocenters. The summed E-state index contributed by atoms with van der Waals surface area (Å²) in [7, 11) is 0. The van der Waals surface area contributed by atoms with Crippen LogP contribution in [0.2, 0.25) is 5.02 Å². The molecule has 1 unspecified atom stereocenters. The molecule has 0 radical (unpaired) electrons. The highest BCUT2D eigenvalue weighted by Crippen LogP contribution is 2.15. The van der Waals surface area contributed by atoms with Gasteiger partial charge in [-0.1, -0.05) is 23.8 Å². The maximum Gasteiger partial charge on any atom is 0.271 e. The van der Waals surface area contributed by atoms with Gasteiger partial charge >= 0.3 is 0 Å². The number of nitrogens with zero attached hydrogens (tertiary/aromatic N) is 1. The minimum Gasteiger partial charge on any atom is -0.267 e. The van der Waals surface area contributed by atoms with Gasteiger partial charge < -0.3 is 0 Å². The van der Waals surface area contributed by atoms with Gasteiger partial charge in [0.05, 0.1) is 0 Å². The minimum absolute atomic E-state index is 0.214. The predicted molar refractivity (Wildman–Crippen MR) is 73.9 cm³/mol. The van der Waals surface area contributed by atoms with Gasteiger partial charge in [0.25, 0.3) is 5.91 Å². The summed E-state index contributed by atoms with van der Waals surface area (Å²) in [5.41, 5.74) is 3.08. The molecular weight excluding hydrogens is 248 g/mol. The lowest BCUT2D eigenvalue weighted by Gasteiger charge is -2.11. The zero-order chi connectivity index (χ0) is 12.8. The zero-order valence-corrected chi connectivity index (χ0v) is 10.7. The Balaban J connectivity index is 1.86. The standard InChI is InChI=1S/C14H15ClN2O/c15-13-8-6-12(7-9-13)14(18)17-16-10-11-4-2-1-3-5-11/h1-2,6-11H,3-5H2,(H,17,18)/b16-10+. The van der Waals surface area contributed by atoms with Gasteiger partial charge in [0.1, 0.15) is 0 Å². The fourth-order valence-electron chi connectivity index (χ4n) is 1.82. The molecule has 0 saturated heterocycles. The van der Waals surface area contributed by atoms with Gasteiger partial charge in [-0.05, 0) is 49.4 Å². The summed E-state index contributed by atoms with van der Waals surface area (Å²) in [5, 5.41) is 4.62. The highest BCUT2D eigenvalue weighted by atomic mass is 35.5. The van der Waals surface area contributed by atoms with Crippen molar-refractivity contribution in [2.24, 2.45) is 11.0 Å².